The van der Waals surface area contributed by atoms with Gasteiger partial charge in [-0.3, -0.25) is 0 Å². The molecule has 0 fully saturated rings. The van der Waals surface area contributed by atoms with Gasteiger partial charge < -0.3 is 0 Å². The molecule has 6 heteroatoms. The first-order chi connectivity index (χ1) is 7.58. The minimum Gasteiger partial charge on any atom is -0.248 e. The summed E-state index contributed by atoms with van der Waals surface area (Å²) < 4.78 is 26.6. The van der Waals surface area contributed by atoms with Crippen LogP contribution in [0.1, 0.15) is 26.2 Å². The molecule has 1 aromatic rings. The third-order valence-electron chi connectivity index (χ3n) is 2.09. The van der Waals surface area contributed by atoms with Crippen molar-refractivity contribution in [2.45, 2.75) is 31.1 Å². The van der Waals surface area contributed by atoms with E-state index in [1.54, 1.807) is 12.3 Å². The number of hydrogen-bond acceptors (Lipinski definition) is 3. The van der Waals surface area contributed by atoms with Gasteiger partial charge in [-0.05, 0) is 34.5 Å². The van der Waals surface area contributed by atoms with Gasteiger partial charge in [0.05, 0.1) is 0 Å². The monoisotopic (exact) mass is 306 g/mol. The van der Waals surface area contributed by atoms with Crippen LogP contribution in [0.3, 0.4) is 0 Å². The van der Waals surface area contributed by atoms with Gasteiger partial charge in [0.1, 0.15) is 9.50 Å². The lowest BCUT2D eigenvalue weighted by molar-refractivity contribution is 0.575. The Hall–Kier alpha value is -0.460. The topological polar surface area (TPSA) is 59.1 Å². The van der Waals surface area contributed by atoms with Crippen molar-refractivity contribution in [3.63, 3.8) is 0 Å². The minimum absolute atomic E-state index is 0.187. The first kappa shape index (κ1) is 13.6. The number of halogens is 1. The van der Waals surface area contributed by atoms with Crippen molar-refractivity contribution >= 4 is 26.0 Å². The number of hydrogen-bond donors (Lipinski definition) is 1. The van der Waals surface area contributed by atoms with E-state index in [0.717, 1.165) is 19.3 Å². The average Bonchev–Trinajstić information content (AvgIpc) is 2.25. The second-order valence-corrected chi connectivity index (χ2v) is 5.88. The zero-order valence-corrected chi connectivity index (χ0v) is 11.5. The summed E-state index contributed by atoms with van der Waals surface area (Å²) in [6.45, 7) is 2.55. The van der Waals surface area contributed by atoms with E-state index >= 15 is 0 Å². The van der Waals surface area contributed by atoms with Crippen LogP contribution in [0.2, 0.25) is 0 Å². The molecule has 0 unspecified atom stereocenters. The van der Waals surface area contributed by atoms with Crippen LogP contribution in [-0.4, -0.2) is 19.9 Å². The van der Waals surface area contributed by atoms with Crippen molar-refractivity contribution in [1.29, 1.82) is 0 Å². The van der Waals surface area contributed by atoms with Crippen molar-refractivity contribution in [3.05, 3.63) is 22.9 Å². The lowest BCUT2D eigenvalue weighted by Gasteiger charge is -2.07. The lowest BCUT2D eigenvalue weighted by atomic mass is 10.3. The number of aromatic nitrogens is 1. The number of unbranched alkanes of at least 4 members (excludes halogenated alkanes) is 2. The van der Waals surface area contributed by atoms with Gasteiger partial charge in [0.25, 0.3) is 0 Å². The smallest absolute Gasteiger partial charge is 0.243 e. The Bertz CT molecular complexity index is 434. The summed E-state index contributed by atoms with van der Waals surface area (Å²) >= 11 is 3.12. The Kier molecular flexibility index (Phi) is 5.37. The number of rotatable bonds is 6. The molecule has 0 spiro atoms. The van der Waals surface area contributed by atoms with Crippen molar-refractivity contribution in [2.24, 2.45) is 0 Å². The standard InChI is InChI=1S/C10H15BrN2O2S/c1-2-3-4-8-13-16(14,15)9-6-5-7-12-10(9)11/h5-7,13H,2-4,8H2,1H3. The first-order valence-electron chi connectivity index (χ1n) is 5.18. The van der Waals surface area contributed by atoms with Crippen LogP contribution in [0.4, 0.5) is 0 Å². The van der Waals surface area contributed by atoms with Gasteiger partial charge in [-0.15, -0.1) is 0 Å². The maximum atomic E-state index is 11.8. The van der Waals surface area contributed by atoms with Crippen molar-refractivity contribution < 1.29 is 8.42 Å². The molecule has 0 radical (unpaired) electrons. The largest absolute Gasteiger partial charge is 0.248 e. The lowest BCUT2D eigenvalue weighted by Crippen LogP contribution is -2.25. The van der Waals surface area contributed by atoms with Crippen LogP contribution in [0, 0.1) is 0 Å². The fraction of sp³-hybridized carbons (Fsp3) is 0.500. The molecule has 90 valence electrons. The molecule has 4 nitrogen and oxygen atoms in total. The highest BCUT2D eigenvalue weighted by molar-refractivity contribution is 9.10. The van der Waals surface area contributed by atoms with Crippen LogP contribution in [0.25, 0.3) is 0 Å². The molecular weight excluding hydrogens is 292 g/mol. The van der Waals surface area contributed by atoms with E-state index in [-0.39, 0.29) is 4.90 Å². The molecule has 1 rings (SSSR count). The van der Waals surface area contributed by atoms with Gasteiger partial charge in [0.15, 0.2) is 0 Å². The minimum atomic E-state index is -3.43. The Morgan fingerprint density at radius 1 is 1.44 bits per heavy atom. The van der Waals surface area contributed by atoms with E-state index in [9.17, 15) is 8.42 Å². The van der Waals surface area contributed by atoms with E-state index in [1.165, 1.54) is 6.07 Å². The summed E-state index contributed by atoms with van der Waals surface area (Å²) in [6, 6.07) is 3.13. The maximum Gasteiger partial charge on any atom is 0.243 e. The Balaban J connectivity index is 2.68. The zero-order chi connectivity index (χ0) is 12.0. The van der Waals surface area contributed by atoms with Gasteiger partial charge in [0, 0.05) is 12.7 Å². The first-order valence-corrected chi connectivity index (χ1v) is 7.45. The molecule has 0 saturated heterocycles. The van der Waals surface area contributed by atoms with E-state index in [4.69, 9.17) is 0 Å². The quantitative estimate of drug-likeness (QED) is 0.648. The number of nitrogens with zero attached hydrogens (tertiary/aromatic N) is 1. The highest BCUT2D eigenvalue weighted by Crippen LogP contribution is 2.17. The van der Waals surface area contributed by atoms with Crippen LogP contribution in [-0.2, 0) is 10.0 Å². The van der Waals surface area contributed by atoms with Crippen LogP contribution in [0.5, 0.6) is 0 Å². The van der Waals surface area contributed by atoms with Gasteiger partial charge in [-0.25, -0.2) is 18.1 Å². The Morgan fingerprint density at radius 2 is 2.19 bits per heavy atom. The summed E-state index contributed by atoms with van der Waals surface area (Å²) in [5.41, 5.74) is 0. The normalized spacial score (nSPS) is 11.6. The molecule has 0 aromatic carbocycles. The molecule has 0 bridgehead atoms. The summed E-state index contributed by atoms with van der Waals surface area (Å²) in [7, 11) is -3.43. The van der Waals surface area contributed by atoms with Gasteiger partial charge in [0.2, 0.25) is 10.0 Å². The van der Waals surface area contributed by atoms with Gasteiger partial charge in [-0.2, -0.15) is 0 Å². The van der Waals surface area contributed by atoms with E-state index in [2.05, 4.69) is 32.6 Å². The summed E-state index contributed by atoms with van der Waals surface area (Å²) in [6.07, 6.45) is 4.49. The molecule has 1 aromatic heterocycles. The molecule has 0 aliphatic rings. The molecule has 0 atom stereocenters. The highest BCUT2D eigenvalue weighted by atomic mass is 79.9. The summed E-state index contributed by atoms with van der Waals surface area (Å²) in [4.78, 5) is 4.07. The van der Waals surface area contributed by atoms with E-state index in [0.29, 0.717) is 11.1 Å². The molecule has 0 amide bonds. The van der Waals surface area contributed by atoms with Crippen LogP contribution >= 0.6 is 15.9 Å². The number of pyridine rings is 1. The average molecular weight is 307 g/mol. The third kappa shape index (κ3) is 3.84. The molecule has 0 aliphatic heterocycles. The molecule has 16 heavy (non-hydrogen) atoms. The fourth-order valence-corrected chi connectivity index (χ4v) is 3.22. The SMILES string of the molecule is CCCCCNS(=O)(=O)c1cccnc1Br. The van der Waals surface area contributed by atoms with Crippen molar-refractivity contribution in [3.8, 4) is 0 Å². The van der Waals surface area contributed by atoms with E-state index < -0.39 is 10.0 Å². The number of sulfonamides is 1. The van der Waals surface area contributed by atoms with Crippen molar-refractivity contribution in [2.75, 3.05) is 6.54 Å². The molecule has 0 saturated carbocycles. The highest BCUT2D eigenvalue weighted by Gasteiger charge is 2.16. The van der Waals surface area contributed by atoms with Gasteiger partial charge in [-0.1, -0.05) is 19.8 Å². The van der Waals surface area contributed by atoms with Crippen LogP contribution < -0.4 is 4.72 Å². The van der Waals surface area contributed by atoms with Gasteiger partial charge >= 0.3 is 0 Å². The summed E-state index contributed by atoms with van der Waals surface area (Å²) in [5, 5.41) is 0. The predicted octanol–water partition coefficient (Wildman–Crippen LogP) is 2.31. The van der Waals surface area contributed by atoms with E-state index in [1.807, 2.05) is 0 Å². The van der Waals surface area contributed by atoms with Crippen LogP contribution in [0.15, 0.2) is 27.8 Å². The van der Waals surface area contributed by atoms with Crippen molar-refractivity contribution in [1.82, 2.24) is 9.71 Å². The second kappa shape index (κ2) is 6.32. The Morgan fingerprint density at radius 3 is 2.81 bits per heavy atom. The fourth-order valence-electron chi connectivity index (χ4n) is 1.23. The third-order valence-corrected chi connectivity index (χ3v) is 4.47. The predicted molar refractivity (Wildman–Crippen MR) is 66.7 cm³/mol. The molecule has 1 heterocycles. The zero-order valence-electron chi connectivity index (χ0n) is 9.11. The Labute approximate surface area is 105 Å². The number of nitrogens with one attached hydrogen (secondary N) is 1. The molecule has 0 aliphatic carbocycles. The molecular formula is C10H15BrN2O2S. The summed E-state index contributed by atoms with van der Waals surface area (Å²) in [5.74, 6) is 0. The maximum absolute atomic E-state index is 11.8. The second-order valence-electron chi connectivity index (χ2n) is 3.40. The molecule has 1 N–H and O–H groups in total.